The summed E-state index contributed by atoms with van der Waals surface area (Å²) in [4.78, 5) is 0. The Kier molecular flexibility index (Phi) is 4.44. The molecule has 0 bridgehead atoms. The minimum atomic E-state index is 0.00939. The molecule has 0 radical (unpaired) electrons. The predicted octanol–water partition coefficient (Wildman–Crippen LogP) is 3.47. The first kappa shape index (κ1) is 12.3. The van der Waals surface area contributed by atoms with Gasteiger partial charge in [0.15, 0.2) is 0 Å². The minimum absolute atomic E-state index is 0.00939. The van der Waals surface area contributed by atoms with Crippen LogP contribution in [0.2, 0.25) is 0 Å². The number of rotatable bonds is 5. The van der Waals surface area contributed by atoms with Crippen molar-refractivity contribution >= 4 is 11.4 Å². The van der Waals surface area contributed by atoms with Gasteiger partial charge in [0.2, 0.25) is 0 Å². The maximum atomic E-state index is 8.63. The van der Waals surface area contributed by atoms with E-state index >= 15 is 0 Å². The summed E-state index contributed by atoms with van der Waals surface area (Å²) in [7, 11) is 0. The molecule has 2 aromatic rings. The van der Waals surface area contributed by atoms with Crippen LogP contribution in [0.25, 0.3) is 0 Å². The van der Waals surface area contributed by atoms with Crippen LogP contribution in [0.4, 0.5) is 11.4 Å². The smallest absolute Gasteiger partial charge is 0.119 e. The molecule has 4 nitrogen and oxygen atoms in total. The number of azo groups is 1. The second-order valence-corrected chi connectivity index (χ2v) is 3.60. The summed E-state index contributed by atoms with van der Waals surface area (Å²) in [5.74, 6) is 0.711. The standard InChI is InChI=1S/C14H14N2O2/c17-10-11-18-14-8-6-13(7-9-14)16-15-12-4-2-1-3-5-12/h1-9,17H,10-11H2. The Morgan fingerprint density at radius 2 is 1.44 bits per heavy atom. The van der Waals surface area contributed by atoms with Crippen molar-refractivity contribution < 1.29 is 9.84 Å². The summed E-state index contributed by atoms with van der Waals surface area (Å²) in [5, 5.41) is 16.9. The Morgan fingerprint density at radius 1 is 0.833 bits per heavy atom. The third-order valence-electron chi connectivity index (χ3n) is 2.23. The van der Waals surface area contributed by atoms with Crippen LogP contribution in [0.15, 0.2) is 64.8 Å². The zero-order chi connectivity index (χ0) is 12.6. The summed E-state index contributed by atoms with van der Waals surface area (Å²) in [5.41, 5.74) is 1.58. The topological polar surface area (TPSA) is 54.2 Å². The number of aliphatic hydroxyl groups is 1. The lowest BCUT2D eigenvalue weighted by Crippen LogP contribution is -2.00. The molecule has 0 aliphatic heterocycles. The lowest BCUT2D eigenvalue weighted by Gasteiger charge is -2.03. The highest BCUT2D eigenvalue weighted by molar-refractivity contribution is 5.42. The van der Waals surface area contributed by atoms with Crippen LogP contribution < -0.4 is 4.74 Å². The van der Waals surface area contributed by atoms with Gasteiger partial charge >= 0.3 is 0 Å². The van der Waals surface area contributed by atoms with E-state index in [0.29, 0.717) is 12.4 Å². The zero-order valence-electron chi connectivity index (χ0n) is 9.86. The van der Waals surface area contributed by atoms with Gasteiger partial charge in [0.1, 0.15) is 12.4 Å². The van der Waals surface area contributed by atoms with Crippen molar-refractivity contribution in [3.63, 3.8) is 0 Å². The molecule has 2 aromatic carbocycles. The molecule has 0 fully saturated rings. The Bertz CT molecular complexity index is 495. The SMILES string of the molecule is OCCOc1ccc(N=Nc2ccccc2)cc1. The molecule has 4 heteroatoms. The summed E-state index contributed by atoms with van der Waals surface area (Å²) in [6.07, 6.45) is 0. The lowest BCUT2D eigenvalue weighted by atomic mass is 10.3. The molecule has 2 rings (SSSR count). The van der Waals surface area contributed by atoms with Gasteiger partial charge in [-0.15, -0.1) is 0 Å². The van der Waals surface area contributed by atoms with Gasteiger partial charge < -0.3 is 9.84 Å². The first-order chi connectivity index (χ1) is 8.88. The molecule has 18 heavy (non-hydrogen) atoms. The largest absolute Gasteiger partial charge is 0.491 e. The molecule has 92 valence electrons. The first-order valence-electron chi connectivity index (χ1n) is 5.69. The maximum Gasteiger partial charge on any atom is 0.119 e. The number of hydrogen-bond acceptors (Lipinski definition) is 4. The quantitative estimate of drug-likeness (QED) is 0.816. The Hall–Kier alpha value is -2.20. The van der Waals surface area contributed by atoms with Crippen LogP contribution >= 0.6 is 0 Å². The number of hydrogen-bond donors (Lipinski definition) is 1. The molecule has 0 aromatic heterocycles. The van der Waals surface area contributed by atoms with E-state index in [1.807, 2.05) is 42.5 Å². The Balaban J connectivity index is 2.00. The summed E-state index contributed by atoms with van der Waals surface area (Å²) < 4.78 is 5.25. The molecule has 0 amide bonds. The van der Waals surface area contributed by atoms with Gasteiger partial charge in [-0.25, -0.2) is 0 Å². The number of benzene rings is 2. The van der Waals surface area contributed by atoms with Crippen LogP contribution in [0, 0.1) is 0 Å². The Morgan fingerprint density at radius 3 is 2.06 bits per heavy atom. The molecule has 0 unspecified atom stereocenters. The molecule has 0 saturated heterocycles. The summed E-state index contributed by atoms with van der Waals surface area (Å²) in [6, 6.07) is 16.8. The van der Waals surface area contributed by atoms with E-state index in [-0.39, 0.29) is 6.61 Å². The van der Waals surface area contributed by atoms with Gasteiger partial charge in [-0.05, 0) is 36.4 Å². The van der Waals surface area contributed by atoms with Gasteiger partial charge in [0.25, 0.3) is 0 Å². The summed E-state index contributed by atoms with van der Waals surface area (Å²) in [6.45, 7) is 0.306. The van der Waals surface area contributed by atoms with E-state index in [9.17, 15) is 0 Å². The average Bonchev–Trinajstić information content (AvgIpc) is 2.45. The third kappa shape index (κ3) is 3.68. The van der Waals surface area contributed by atoms with E-state index in [1.54, 1.807) is 12.1 Å². The number of aliphatic hydroxyl groups excluding tert-OH is 1. The minimum Gasteiger partial charge on any atom is -0.491 e. The third-order valence-corrected chi connectivity index (χ3v) is 2.23. The molecule has 1 N–H and O–H groups in total. The second-order valence-electron chi connectivity index (χ2n) is 3.60. The van der Waals surface area contributed by atoms with E-state index in [2.05, 4.69) is 10.2 Å². The van der Waals surface area contributed by atoms with Crippen molar-refractivity contribution in [2.45, 2.75) is 0 Å². The molecule has 0 saturated carbocycles. The van der Waals surface area contributed by atoms with Crippen molar-refractivity contribution in [2.75, 3.05) is 13.2 Å². The first-order valence-corrected chi connectivity index (χ1v) is 5.69. The zero-order valence-corrected chi connectivity index (χ0v) is 9.86. The molecular weight excluding hydrogens is 228 g/mol. The van der Waals surface area contributed by atoms with Crippen LogP contribution in [0.5, 0.6) is 5.75 Å². The second kappa shape index (κ2) is 6.51. The van der Waals surface area contributed by atoms with Gasteiger partial charge in [0.05, 0.1) is 18.0 Å². The fraction of sp³-hybridized carbons (Fsp3) is 0.143. The van der Waals surface area contributed by atoms with E-state index in [4.69, 9.17) is 9.84 Å². The average molecular weight is 242 g/mol. The molecular formula is C14H14N2O2. The molecule has 0 spiro atoms. The fourth-order valence-corrected chi connectivity index (χ4v) is 1.38. The van der Waals surface area contributed by atoms with Crippen LogP contribution in [0.1, 0.15) is 0 Å². The van der Waals surface area contributed by atoms with E-state index in [0.717, 1.165) is 11.4 Å². The van der Waals surface area contributed by atoms with Crippen molar-refractivity contribution in [2.24, 2.45) is 10.2 Å². The van der Waals surface area contributed by atoms with Crippen molar-refractivity contribution in [3.8, 4) is 5.75 Å². The monoisotopic (exact) mass is 242 g/mol. The normalized spacial score (nSPS) is 10.7. The van der Waals surface area contributed by atoms with Crippen molar-refractivity contribution in [3.05, 3.63) is 54.6 Å². The maximum absolute atomic E-state index is 8.63. The number of nitrogens with zero attached hydrogens (tertiary/aromatic N) is 2. The lowest BCUT2D eigenvalue weighted by molar-refractivity contribution is 0.201. The summed E-state index contributed by atoms with van der Waals surface area (Å²) >= 11 is 0. The van der Waals surface area contributed by atoms with Crippen LogP contribution in [-0.4, -0.2) is 18.3 Å². The van der Waals surface area contributed by atoms with E-state index < -0.39 is 0 Å². The van der Waals surface area contributed by atoms with Gasteiger partial charge in [-0.1, -0.05) is 18.2 Å². The van der Waals surface area contributed by atoms with Crippen molar-refractivity contribution in [1.29, 1.82) is 0 Å². The molecule has 0 aliphatic rings. The number of ether oxygens (including phenoxy) is 1. The van der Waals surface area contributed by atoms with Gasteiger partial charge in [0, 0.05) is 0 Å². The highest BCUT2D eigenvalue weighted by atomic mass is 16.5. The molecule has 0 atom stereocenters. The Labute approximate surface area is 106 Å². The van der Waals surface area contributed by atoms with E-state index in [1.165, 1.54) is 0 Å². The predicted molar refractivity (Wildman–Crippen MR) is 69.6 cm³/mol. The van der Waals surface area contributed by atoms with Gasteiger partial charge in [-0.3, -0.25) is 0 Å². The van der Waals surface area contributed by atoms with Crippen LogP contribution in [-0.2, 0) is 0 Å². The molecule has 0 heterocycles. The fourth-order valence-electron chi connectivity index (χ4n) is 1.38. The molecule has 0 aliphatic carbocycles. The van der Waals surface area contributed by atoms with Gasteiger partial charge in [-0.2, -0.15) is 10.2 Å². The van der Waals surface area contributed by atoms with Crippen molar-refractivity contribution in [1.82, 2.24) is 0 Å². The highest BCUT2D eigenvalue weighted by Gasteiger charge is 1.94. The van der Waals surface area contributed by atoms with Crippen LogP contribution in [0.3, 0.4) is 0 Å². The highest BCUT2D eigenvalue weighted by Crippen LogP contribution is 2.20.